The first-order chi connectivity index (χ1) is 20.3. The minimum absolute atomic E-state index is 0. The van der Waals surface area contributed by atoms with Gasteiger partial charge in [-0.25, -0.2) is 0 Å². The summed E-state index contributed by atoms with van der Waals surface area (Å²) in [6, 6.07) is 7.77. The van der Waals surface area contributed by atoms with Gasteiger partial charge in [0.25, 0.3) is 5.69 Å². The number of rotatable bonds is 7. The van der Waals surface area contributed by atoms with E-state index in [4.69, 9.17) is 17.6 Å². The van der Waals surface area contributed by atoms with E-state index in [0.717, 1.165) is 34.9 Å². The number of anilines is 3. The topological polar surface area (TPSA) is 141 Å². The van der Waals surface area contributed by atoms with Crippen LogP contribution >= 0.6 is 12.6 Å². The maximum atomic E-state index is 13.0. The normalized spacial score (nSPS) is 13.7. The first kappa shape index (κ1) is 36.6. The second-order valence-corrected chi connectivity index (χ2v) is 9.70. The number of nitrogens with zero attached hydrogens (tertiary/aromatic N) is 5. The van der Waals surface area contributed by atoms with Crippen molar-refractivity contribution in [3.05, 3.63) is 87.6 Å². The average molecular weight is 850 g/mol. The molecule has 10 nitrogen and oxygen atoms in total. The molecule has 0 saturated carbocycles. The number of hydrogen-bond acceptors (Lipinski definition) is 9. The van der Waals surface area contributed by atoms with Crippen LogP contribution in [0.25, 0.3) is 10.9 Å². The number of fused-ring (bicyclic) bond motifs is 1. The fourth-order valence-corrected chi connectivity index (χ4v) is 4.46. The van der Waals surface area contributed by atoms with Crippen molar-refractivity contribution in [1.82, 2.24) is 9.88 Å². The van der Waals surface area contributed by atoms with Crippen LogP contribution in [0.5, 0.6) is 0 Å². The Labute approximate surface area is 281 Å². The second-order valence-electron chi connectivity index (χ2n) is 9.50. The smallest absolute Gasteiger partial charge is 0.398 e. The minimum atomic E-state index is -4.68. The number of nitrogens with two attached hydrogens (primary N) is 1. The SMILES string of the molecule is N#CS.[CH-]=CC(=[C-]CN1CCN(c2ccc(C(F)(F)F)cc2[N+](=O)[O-])CC1)C(=O)Nc1ccc2nc(C)c(C)c(N)c2c1.[U+2]. The summed E-state index contributed by atoms with van der Waals surface area (Å²) in [4.78, 5) is 31.6. The molecule has 228 valence electrons. The Morgan fingerprint density at radius 2 is 1.89 bits per heavy atom. The average Bonchev–Trinajstić information content (AvgIpc) is 2.96. The predicted molar refractivity (Wildman–Crippen MR) is 161 cm³/mol. The standard InChI is InChI=1S/C28H27F3N6O3.CHNS.U/c1-4-19(27(38)34-21-6-7-23-22(16-21)26(32)17(2)18(3)33-23)9-10-35-11-13-36(14-12-35)24-8-5-20(28(29,30)31)15-25(24)37(39)40;2-1-3;/h1,4-8,15-16H,10-14H2,2-3H3,(H2,32,33)(H,34,38);3H;/q-2;;+2. The molecule has 0 atom stereocenters. The number of halogens is 3. The molecular weight excluding hydrogens is 821 g/mol. The molecule has 1 fully saturated rings. The molecule has 1 aliphatic rings. The van der Waals surface area contributed by atoms with Gasteiger partial charge >= 0.3 is 37.3 Å². The van der Waals surface area contributed by atoms with Crippen molar-refractivity contribution in [1.29, 1.82) is 5.26 Å². The van der Waals surface area contributed by atoms with Gasteiger partial charge in [0.2, 0.25) is 0 Å². The number of pyridine rings is 1. The number of thiol groups is 1. The van der Waals surface area contributed by atoms with E-state index in [9.17, 15) is 28.1 Å². The third-order valence-electron chi connectivity index (χ3n) is 6.90. The van der Waals surface area contributed by atoms with E-state index < -0.39 is 28.3 Å². The second kappa shape index (κ2) is 16.0. The number of carbonyl (C=O) groups excluding carboxylic acids is 1. The number of thiocyanates is 1. The minimum Gasteiger partial charge on any atom is -0.398 e. The predicted octanol–water partition coefficient (Wildman–Crippen LogP) is 5.24. The number of aromatic nitrogens is 1. The van der Waals surface area contributed by atoms with Gasteiger partial charge in [-0.1, -0.05) is 12.6 Å². The van der Waals surface area contributed by atoms with Crippen LogP contribution in [0, 0.1) is 78.4 Å². The number of aryl methyl sites for hydroxylation is 1. The molecule has 1 saturated heterocycles. The monoisotopic (exact) mass is 849 g/mol. The summed E-state index contributed by atoms with van der Waals surface area (Å²) in [5.41, 5.74) is 8.36. The third kappa shape index (κ3) is 8.99. The van der Waals surface area contributed by atoms with E-state index in [2.05, 4.69) is 29.0 Å². The Morgan fingerprint density at radius 1 is 1.25 bits per heavy atom. The van der Waals surface area contributed by atoms with Crippen molar-refractivity contribution < 1.29 is 54.0 Å². The van der Waals surface area contributed by atoms with Crippen LogP contribution in [-0.4, -0.2) is 53.4 Å². The van der Waals surface area contributed by atoms with Crippen LogP contribution in [0.3, 0.4) is 0 Å². The molecule has 0 radical (unpaired) electrons. The van der Waals surface area contributed by atoms with E-state index in [0.29, 0.717) is 49.1 Å². The zero-order valence-electron chi connectivity index (χ0n) is 23.8. The first-order valence-electron chi connectivity index (χ1n) is 12.8. The van der Waals surface area contributed by atoms with Gasteiger partial charge in [0, 0.05) is 54.7 Å². The molecule has 0 unspecified atom stereocenters. The van der Waals surface area contributed by atoms with E-state index in [-0.39, 0.29) is 48.9 Å². The van der Waals surface area contributed by atoms with Crippen molar-refractivity contribution >= 4 is 52.2 Å². The number of nitrogens with one attached hydrogen (secondary N) is 1. The van der Waals surface area contributed by atoms with Crippen LogP contribution in [0.15, 0.2) is 48.0 Å². The van der Waals surface area contributed by atoms with Crippen molar-refractivity contribution in [2.24, 2.45) is 0 Å². The van der Waals surface area contributed by atoms with E-state index in [1.807, 2.05) is 18.7 Å². The number of piperazine rings is 1. The first-order valence-corrected chi connectivity index (χ1v) is 13.2. The molecule has 0 aliphatic carbocycles. The number of benzene rings is 2. The Hall–Kier alpha value is -3.56. The Morgan fingerprint density at radius 3 is 2.45 bits per heavy atom. The van der Waals surface area contributed by atoms with Gasteiger partial charge in [0.15, 0.2) is 0 Å². The summed E-state index contributed by atoms with van der Waals surface area (Å²) in [5.74, 6) is -0.462. The fraction of sp³-hybridized carbons (Fsp3) is 0.276. The molecular formula is C29H28F3N7O3SU. The largest absolute Gasteiger partial charge is 2.00 e. The zero-order valence-corrected chi connectivity index (χ0v) is 28.8. The van der Waals surface area contributed by atoms with Crippen molar-refractivity contribution in [3.8, 4) is 5.40 Å². The van der Waals surface area contributed by atoms with Crippen LogP contribution in [0.2, 0.25) is 0 Å². The number of nitro groups is 1. The molecule has 1 aliphatic heterocycles. The Kier molecular flexibility index (Phi) is 13.3. The van der Waals surface area contributed by atoms with Gasteiger partial charge in [-0.05, 0) is 56.3 Å². The van der Waals surface area contributed by atoms with Gasteiger partial charge in [-0.15, -0.1) is 0 Å². The van der Waals surface area contributed by atoms with Crippen molar-refractivity contribution in [3.63, 3.8) is 0 Å². The van der Waals surface area contributed by atoms with Gasteiger partial charge in [-0.2, -0.15) is 18.4 Å². The van der Waals surface area contributed by atoms with Crippen molar-refractivity contribution in [2.75, 3.05) is 48.7 Å². The number of nitriles is 1. The molecule has 3 N–H and O–H groups in total. The Bertz CT molecular complexity index is 1620. The quantitative estimate of drug-likeness (QED) is 0.0559. The van der Waals surface area contributed by atoms with E-state index in [1.54, 1.807) is 23.1 Å². The molecule has 4 rings (SSSR count). The number of hydrogen-bond donors (Lipinski definition) is 3. The Balaban J connectivity index is 0.00000162. The zero-order chi connectivity index (χ0) is 31.9. The van der Waals surface area contributed by atoms with E-state index in [1.165, 1.54) is 5.40 Å². The van der Waals surface area contributed by atoms with Gasteiger partial charge in [-0.3, -0.25) is 26.7 Å². The molecule has 2 aromatic carbocycles. The molecule has 44 heavy (non-hydrogen) atoms. The number of alkyl halides is 3. The van der Waals surface area contributed by atoms with Crippen LogP contribution in [0.1, 0.15) is 16.8 Å². The summed E-state index contributed by atoms with van der Waals surface area (Å²) in [7, 11) is 0. The summed E-state index contributed by atoms with van der Waals surface area (Å²) in [5, 5.41) is 23.6. The number of nitro benzene ring substituents is 1. The van der Waals surface area contributed by atoms with Crippen LogP contribution in [-0.2, 0) is 11.0 Å². The molecule has 15 heteroatoms. The number of nitrogen functional groups attached to an aromatic ring is 1. The molecule has 0 spiro atoms. The summed E-state index contributed by atoms with van der Waals surface area (Å²) < 4.78 is 39.1. The van der Waals surface area contributed by atoms with Gasteiger partial charge in [0.05, 0.1) is 21.9 Å². The number of amides is 1. The number of carbonyl (C=O) groups is 1. The van der Waals surface area contributed by atoms with Gasteiger partial charge in [0.1, 0.15) is 11.1 Å². The summed E-state index contributed by atoms with van der Waals surface area (Å²) >= 11 is 3.09. The van der Waals surface area contributed by atoms with Crippen LogP contribution < -0.4 is 16.0 Å². The molecule has 1 amide bonds. The maximum absolute atomic E-state index is 13.0. The van der Waals surface area contributed by atoms with Crippen molar-refractivity contribution in [2.45, 2.75) is 20.0 Å². The molecule has 1 aromatic heterocycles. The molecule has 2 heterocycles. The molecule has 3 aromatic rings. The van der Waals surface area contributed by atoms with Crippen LogP contribution in [0.4, 0.5) is 35.9 Å². The maximum Gasteiger partial charge on any atom is 2.00 e. The molecule has 0 bridgehead atoms. The third-order valence-corrected chi connectivity index (χ3v) is 6.90. The summed E-state index contributed by atoms with van der Waals surface area (Å²) in [6.45, 7) is 11.3. The van der Waals surface area contributed by atoms with Gasteiger partial charge < -0.3 is 38.3 Å². The van der Waals surface area contributed by atoms with E-state index >= 15 is 0 Å². The fourth-order valence-electron chi connectivity index (χ4n) is 4.46. The summed E-state index contributed by atoms with van der Waals surface area (Å²) in [6.07, 6.45) is -0.527.